The molecule has 15 heavy (non-hydrogen) atoms. The highest BCUT2D eigenvalue weighted by molar-refractivity contribution is 6.83. The first-order chi connectivity index (χ1) is 6.89. The van der Waals surface area contributed by atoms with Crippen molar-refractivity contribution in [3.8, 4) is 0 Å². The Kier molecular flexibility index (Phi) is 4.08. The summed E-state index contributed by atoms with van der Waals surface area (Å²) in [6.07, 6.45) is 0. The van der Waals surface area contributed by atoms with Crippen molar-refractivity contribution < 1.29 is 4.80 Å². The second-order valence-electron chi connectivity index (χ2n) is 4.79. The molecule has 0 aliphatic rings. The van der Waals surface area contributed by atoms with E-state index >= 15 is 0 Å². The summed E-state index contributed by atoms with van der Waals surface area (Å²) in [6, 6.07) is 8.75. The van der Waals surface area contributed by atoms with Crippen molar-refractivity contribution in [2.45, 2.75) is 39.5 Å². The van der Waals surface area contributed by atoms with E-state index in [-0.39, 0.29) is 0 Å². The molecule has 0 aromatic heterocycles. The van der Waals surface area contributed by atoms with Crippen molar-refractivity contribution in [1.29, 1.82) is 0 Å². The Labute approximate surface area is 93.5 Å². The number of rotatable bonds is 4. The van der Waals surface area contributed by atoms with Gasteiger partial charge in [-0.1, -0.05) is 38.1 Å². The van der Waals surface area contributed by atoms with E-state index in [1.807, 2.05) is 25.2 Å². The summed E-state index contributed by atoms with van der Waals surface area (Å²) < 4.78 is 0. The molecule has 0 saturated heterocycles. The molecule has 1 rings (SSSR count). The standard InChI is InChI=1S/C12H21NOSi/c1-10(2)13-9-11-6-5-7-12(8-11)15(3,4)14/h5-8,10,13-14H,9H2,1-4H3. The van der Waals surface area contributed by atoms with Gasteiger partial charge in [-0.15, -0.1) is 0 Å². The second-order valence-corrected chi connectivity index (χ2v) is 8.49. The van der Waals surface area contributed by atoms with E-state index in [1.54, 1.807) is 0 Å². The molecular formula is C12H21NOSi. The van der Waals surface area contributed by atoms with Crippen molar-refractivity contribution in [1.82, 2.24) is 5.32 Å². The monoisotopic (exact) mass is 223 g/mol. The van der Waals surface area contributed by atoms with Crippen LogP contribution in [0.25, 0.3) is 0 Å². The van der Waals surface area contributed by atoms with Gasteiger partial charge < -0.3 is 10.1 Å². The Hall–Kier alpha value is -0.643. The number of hydrogen-bond acceptors (Lipinski definition) is 2. The smallest absolute Gasteiger partial charge is 0.213 e. The Morgan fingerprint density at radius 2 is 2.00 bits per heavy atom. The maximum absolute atomic E-state index is 10.0. The third-order valence-electron chi connectivity index (χ3n) is 2.35. The molecule has 0 radical (unpaired) electrons. The lowest BCUT2D eigenvalue weighted by atomic mass is 10.2. The molecule has 0 atom stereocenters. The minimum Gasteiger partial charge on any atom is -0.428 e. The Bertz CT molecular complexity index is 318. The lowest BCUT2D eigenvalue weighted by Gasteiger charge is -2.16. The van der Waals surface area contributed by atoms with Crippen LogP contribution in [0, 0.1) is 0 Å². The molecule has 0 aliphatic carbocycles. The first-order valence-corrected chi connectivity index (χ1v) is 8.39. The second kappa shape index (κ2) is 4.92. The molecule has 0 amide bonds. The molecule has 1 aromatic carbocycles. The minimum atomic E-state index is -2.15. The topological polar surface area (TPSA) is 32.3 Å². The summed E-state index contributed by atoms with van der Waals surface area (Å²) in [5.41, 5.74) is 1.25. The molecule has 3 heteroatoms. The predicted molar refractivity (Wildman–Crippen MR) is 67.8 cm³/mol. The lowest BCUT2D eigenvalue weighted by Crippen LogP contribution is -2.41. The van der Waals surface area contributed by atoms with Gasteiger partial charge in [-0.05, 0) is 23.8 Å². The van der Waals surface area contributed by atoms with Gasteiger partial charge in [0.15, 0.2) is 0 Å². The summed E-state index contributed by atoms with van der Waals surface area (Å²) in [7, 11) is -2.15. The number of benzene rings is 1. The van der Waals surface area contributed by atoms with Crippen LogP contribution in [0.2, 0.25) is 13.1 Å². The zero-order valence-corrected chi connectivity index (χ0v) is 11.0. The van der Waals surface area contributed by atoms with E-state index < -0.39 is 8.32 Å². The average Bonchev–Trinajstić information content (AvgIpc) is 2.14. The van der Waals surface area contributed by atoms with Gasteiger partial charge in [0.2, 0.25) is 8.32 Å². The van der Waals surface area contributed by atoms with Crippen LogP contribution in [-0.2, 0) is 6.54 Å². The van der Waals surface area contributed by atoms with Crippen LogP contribution in [0.1, 0.15) is 19.4 Å². The van der Waals surface area contributed by atoms with E-state index in [0.29, 0.717) is 6.04 Å². The average molecular weight is 223 g/mol. The molecule has 0 fully saturated rings. The van der Waals surface area contributed by atoms with Gasteiger partial charge in [-0.25, -0.2) is 0 Å². The van der Waals surface area contributed by atoms with Gasteiger partial charge >= 0.3 is 0 Å². The van der Waals surface area contributed by atoms with Crippen LogP contribution in [0.15, 0.2) is 24.3 Å². The van der Waals surface area contributed by atoms with Gasteiger partial charge in [0.25, 0.3) is 0 Å². The van der Waals surface area contributed by atoms with E-state index in [9.17, 15) is 4.80 Å². The molecule has 0 spiro atoms. The van der Waals surface area contributed by atoms with Crippen LogP contribution in [0.4, 0.5) is 0 Å². The molecule has 0 saturated carbocycles. The van der Waals surface area contributed by atoms with Gasteiger partial charge in [-0.2, -0.15) is 0 Å². The summed E-state index contributed by atoms with van der Waals surface area (Å²) in [5, 5.41) is 4.48. The SMILES string of the molecule is CC(C)NCc1cccc([Si](C)(C)O)c1. The van der Waals surface area contributed by atoms with E-state index in [2.05, 4.69) is 31.3 Å². The maximum Gasteiger partial charge on any atom is 0.213 e. The van der Waals surface area contributed by atoms with Gasteiger partial charge in [0.05, 0.1) is 0 Å². The summed E-state index contributed by atoms with van der Waals surface area (Å²) >= 11 is 0. The quantitative estimate of drug-likeness (QED) is 0.760. The normalized spacial score (nSPS) is 12.1. The Morgan fingerprint density at radius 3 is 2.53 bits per heavy atom. The molecule has 0 bridgehead atoms. The predicted octanol–water partition coefficient (Wildman–Crippen LogP) is 1.59. The number of hydrogen-bond donors (Lipinski definition) is 2. The third kappa shape index (κ3) is 4.16. The zero-order valence-electron chi connectivity index (χ0n) is 10.0. The molecule has 0 heterocycles. The molecule has 0 unspecified atom stereocenters. The summed E-state index contributed by atoms with van der Waals surface area (Å²) in [5.74, 6) is 0. The van der Waals surface area contributed by atoms with Crippen molar-refractivity contribution in [2.24, 2.45) is 0 Å². The Balaban J connectivity index is 2.75. The van der Waals surface area contributed by atoms with Crippen molar-refractivity contribution in [3.05, 3.63) is 29.8 Å². The third-order valence-corrected chi connectivity index (χ3v) is 4.07. The Morgan fingerprint density at radius 1 is 1.33 bits per heavy atom. The van der Waals surface area contributed by atoms with Crippen LogP contribution < -0.4 is 10.5 Å². The minimum absolute atomic E-state index is 0.494. The molecule has 0 aliphatic heterocycles. The fourth-order valence-electron chi connectivity index (χ4n) is 1.38. The van der Waals surface area contributed by atoms with E-state index in [0.717, 1.165) is 11.7 Å². The van der Waals surface area contributed by atoms with E-state index in [4.69, 9.17) is 0 Å². The van der Waals surface area contributed by atoms with Crippen molar-refractivity contribution in [2.75, 3.05) is 0 Å². The largest absolute Gasteiger partial charge is 0.428 e. The first kappa shape index (κ1) is 12.4. The van der Waals surface area contributed by atoms with Gasteiger partial charge in [-0.3, -0.25) is 0 Å². The molecule has 1 aromatic rings. The number of nitrogens with one attached hydrogen (secondary N) is 1. The fourth-order valence-corrected chi connectivity index (χ4v) is 2.43. The highest BCUT2D eigenvalue weighted by Crippen LogP contribution is 2.03. The lowest BCUT2D eigenvalue weighted by molar-refractivity contribution is 0.568. The van der Waals surface area contributed by atoms with Crippen LogP contribution in [0.3, 0.4) is 0 Å². The molecule has 2 N–H and O–H groups in total. The highest BCUT2D eigenvalue weighted by Gasteiger charge is 2.19. The van der Waals surface area contributed by atoms with Crippen LogP contribution >= 0.6 is 0 Å². The highest BCUT2D eigenvalue weighted by atomic mass is 28.4. The van der Waals surface area contributed by atoms with E-state index in [1.165, 1.54) is 5.56 Å². The summed E-state index contributed by atoms with van der Waals surface area (Å²) in [4.78, 5) is 10.0. The fraction of sp³-hybridized carbons (Fsp3) is 0.500. The van der Waals surface area contributed by atoms with Crippen molar-refractivity contribution in [3.63, 3.8) is 0 Å². The van der Waals surface area contributed by atoms with Crippen molar-refractivity contribution >= 4 is 13.5 Å². The maximum atomic E-state index is 10.0. The van der Waals surface area contributed by atoms with Crippen LogP contribution in [-0.4, -0.2) is 19.2 Å². The van der Waals surface area contributed by atoms with Gasteiger partial charge in [0, 0.05) is 12.6 Å². The summed E-state index contributed by atoms with van der Waals surface area (Å²) in [6.45, 7) is 9.03. The van der Waals surface area contributed by atoms with Gasteiger partial charge in [0.1, 0.15) is 0 Å². The molecule has 2 nitrogen and oxygen atoms in total. The zero-order chi connectivity index (χ0) is 11.5. The first-order valence-electron chi connectivity index (χ1n) is 5.45. The molecular weight excluding hydrogens is 202 g/mol. The molecule has 84 valence electrons. The van der Waals surface area contributed by atoms with Crippen LogP contribution in [0.5, 0.6) is 0 Å².